The predicted molar refractivity (Wildman–Crippen MR) is 105 cm³/mol. The highest BCUT2D eigenvalue weighted by molar-refractivity contribution is 5.89. The van der Waals surface area contributed by atoms with Crippen molar-refractivity contribution >= 4 is 11.8 Å². The number of benzene rings is 1. The second kappa shape index (κ2) is 8.42. The smallest absolute Gasteiger partial charge is 0.245 e. The van der Waals surface area contributed by atoms with Crippen molar-refractivity contribution in [1.82, 2.24) is 10.2 Å². The van der Waals surface area contributed by atoms with Crippen LogP contribution in [0, 0.1) is 11.8 Å². The predicted octanol–water partition coefficient (Wildman–Crippen LogP) is 3.14. The third kappa shape index (κ3) is 4.52. The molecular formula is C22H32N2O3. The van der Waals surface area contributed by atoms with Crippen LogP contribution in [0.2, 0.25) is 0 Å². The SMILES string of the molecule is CC(C)CNC(=O)[C@@H]1CO[C@@]2(CCC[C@@H](C)C2)N1C(=O)Cc1ccccc1. The van der Waals surface area contributed by atoms with Crippen molar-refractivity contribution < 1.29 is 14.3 Å². The van der Waals surface area contributed by atoms with E-state index in [1.807, 2.05) is 30.3 Å². The fraction of sp³-hybridized carbons (Fsp3) is 0.636. The molecule has 1 aromatic rings. The Hall–Kier alpha value is -1.88. The van der Waals surface area contributed by atoms with Gasteiger partial charge in [-0.3, -0.25) is 14.5 Å². The van der Waals surface area contributed by atoms with E-state index in [0.717, 1.165) is 31.2 Å². The largest absolute Gasteiger partial charge is 0.354 e. The highest BCUT2D eigenvalue weighted by Gasteiger charge is 2.53. The molecule has 5 heteroatoms. The molecule has 1 saturated heterocycles. The molecule has 3 atom stereocenters. The Morgan fingerprint density at radius 3 is 2.70 bits per heavy atom. The first-order chi connectivity index (χ1) is 12.9. The second-order valence-electron chi connectivity index (χ2n) is 8.54. The highest BCUT2D eigenvalue weighted by Crippen LogP contribution is 2.43. The highest BCUT2D eigenvalue weighted by atomic mass is 16.5. The van der Waals surface area contributed by atoms with Gasteiger partial charge in [-0.1, -0.05) is 57.5 Å². The number of rotatable bonds is 5. The van der Waals surface area contributed by atoms with Crippen molar-refractivity contribution in [3.8, 4) is 0 Å². The van der Waals surface area contributed by atoms with E-state index in [0.29, 0.717) is 24.8 Å². The number of hydrogen-bond acceptors (Lipinski definition) is 3. The van der Waals surface area contributed by atoms with Crippen molar-refractivity contribution in [2.24, 2.45) is 11.8 Å². The van der Waals surface area contributed by atoms with Crippen molar-refractivity contribution in [2.75, 3.05) is 13.2 Å². The molecule has 1 saturated carbocycles. The van der Waals surface area contributed by atoms with Gasteiger partial charge in [0.15, 0.2) is 0 Å². The molecule has 0 bridgehead atoms. The Morgan fingerprint density at radius 2 is 2.04 bits per heavy atom. The van der Waals surface area contributed by atoms with Crippen molar-refractivity contribution in [3.05, 3.63) is 35.9 Å². The first kappa shape index (κ1) is 19.9. The third-order valence-corrected chi connectivity index (χ3v) is 5.65. The van der Waals surface area contributed by atoms with E-state index < -0.39 is 11.8 Å². The summed E-state index contributed by atoms with van der Waals surface area (Å²) in [6, 6.07) is 9.20. The van der Waals surface area contributed by atoms with Crippen LogP contribution in [0.5, 0.6) is 0 Å². The Labute approximate surface area is 162 Å². The first-order valence-corrected chi connectivity index (χ1v) is 10.2. The fourth-order valence-corrected chi connectivity index (χ4v) is 4.36. The number of ether oxygens (including phenoxy) is 1. The molecule has 0 aromatic heterocycles. The van der Waals surface area contributed by atoms with Gasteiger partial charge < -0.3 is 10.1 Å². The van der Waals surface area contributed by atoms with Gasteiger partial charge in [-0.05, 0) is 36.7 Å². The van der Waals surface area contributed by atoms with Gasteiger partial charge in [-0.15, -0.1) is 0 Å². The summed E-state index contributed by atoms with van der Waals surface area (Å²) in [6.45, 7) is 7.23. The molecule has 2 amide bonds. The molecule has 0 unspecified atom stereocenters. The molecule has 3 rings (SSSR count). The average molecular weight is 373 g/mol. The van der Waals surface area contributed by atoms with E-state index in [1.54, 1.807) is 4.90 Å². The van der Waals surface area contributed by atoms with Crippen LogP contribution in [-0.2, 0) is 20.7 Å². The lowest BCUT2D eigenvalue weighted by Gasteiger charge is -2.43. The average Bonchev–Trinajstić information content (AvgIpc) is 2.98. The van der Waals surface area contributed by atoms with Crippen LogP contribution in [0.25, 0.3) is 0 Å². The zero-order valence-corrected chi connectivity index (χ0v) is 16.7. The van der Waals surface area contributed by atoms with Crippen molar-refractivity contribution in [1.29, 1.82) is 0 Å². The normalized spacial score (nSPS) is 27.9. The molecule has 1 N–H and O–H groups in total. The van der Waals surface area contributed by atoms with Gasteiger partial charge >= 0.3 is 0 Å². The molecule has 1 aromatic carbocycles. The Balaban J connectivity index is 1.82. The van der Waals surface area contributed by atoms with E-state index in [-0.39, 0.29) is 18.4 Å². The maximum atomic E-state index is 13.3. The first-order valence-electron chi connectivity index (χ1n) is 10.2. The summed E-state index contributed by atoms with van der Waals surface area (Å²) in [5.41, 5.74) is 0.346. The maximum Gasteiger partial charge on any atom is 0.245 e. The van der Waals surface area contributed by atoms with Crippen LogP contribution in [0.4, 0.5) is 0 Å². The van der Waals surface area contributed by atoms with Gasteiger partial charge in [0.1, 0.15) is 11.8 Å². The van der Waals surface area contributed by atoms with E-state index in [4.69, 9.17) is 4.74 Å². The molecule has 148 valence electrons. The number of nitrogens with one attached hydrogen (secondary N) is 1. The number of amides is 2. The van der Waals surface area contributed by atoms with E-state index in [1.165, 1.54) is 0 Å². The number of carbonyl (C=O) groups excluding carboxylic acids is 2. The van der Waals surface area contributed by atoms with Gasteiger partial charge in [-0.25, -0.2) is 0 Å². The molecule has 2 aliphatic rings. The van der Waals surface area contributed by atoms with Crippen LogP contribution in [0.3, 0.4) is 0 Å². The molecule has 0 radical (unpaired) electrons. The van der Waals surface area contributed by atoms with Crippen LogP contribution in [-0.4, -0.2) is 41.6 Å². The summed E-state index contributed by atoms with van der Waals surface area (Å²) in [6.07, 6.45) is 4.09. The standard InChI is InChI=1S/C22H32N2O3/c1-16(2)14-23-21(26)19-15-27-22(11-7-8-17(3)13-22)24(19)20(25)12-18-9-5-4-6-10-18/h4-6,9-10,16-17,19H,7-8,11-15H2,1-3H3,(H,23,26)/t17-,19+,22-/m1/s1. The summed E-state index contributed by atoms with van der Waals surface area (Å²) in [5, 5.41) is 2.99. The number of hydrogen-bond donors (Lipinski definition) is 1. The Morgan fingerprint density at radius 1 is 1.30 bits per heavy atom. The molecule has 5 nitrogen and oxygen atoms in total. The third-order valence-electron chi connectivity index (χ3n) is 5.65. The molecule has 27 heavy (non-hydrogen) atoms. The minimum Gasteiger partial charge on any atom is -0.354 e. The van der Waals surface area contributed by atoms with Crippen LogP contribution in [0.1, 0.15) is 52.0 Å². The van der Waals surface area contributed by atoms with Crippen LogP contribution >= 0.6 is 0 Å². The van der Waals surface area contributed by atoms with Crippen LogP contribution in [0.15, 0.2) is 30.3 Å². The van der Waals surface area contributed by atoms with Crippen molar-refractivity contribution in [3.63, 3.8) is 0 Å². The van der Waals surface area contributed by atoms with Gasteiger partial charge in [0, 0.05) is 6.54 Å². The zero-order chi connectivity index (χ0) is 19.4. The minimum atomic E-state index is -0.622. The van der Waals surface area contributed by atoms with Crippen molar-refractivity contribution in [2.45, 2.75) is 64.6 Å². The summed E-state index contributed by atoms with van der Waals surface area (Å²) < 4.78 is 6.21. The van der Waals surface area contributed by atoms with Gasteiger partial charge in [0.2, 0.25) is 11.8 Å². The van der Waals surface area contributed by atoms with E-state index in [2.05, 4.69) is 26.1 Å². The summed E-state index contributed by atoms with van der Waals surface area (Å²) >= 11 is 0. The quantitative estimate of drug-likeness (QED) is 0.864. The monoisotopic (exact) mass is 372 g/mol. The topological polar surface area (TPSA) is 58.6 Å². The molecular weight excluding hydrogens is 340 g/mol. The summed E-state index contributed by atoms with van der Waals surface area (Å²) in [4.78, 5) is 27.9. The lowest BCUT2D eigenvalue weighted by molar-refractivity contribution is -0.162. The van der Waals surface area contributed by atoms with Crippen LogP contribution < -0.4 is 5.32 Å². The molecule has 1 aliphatic carbocycles. The van der Waals surface area contributed by atoms with E-state index in [9.17, 15) is 9.59 Å². The molecule has 2 fully saturated rings. The second-order valence-corrected chi connectivity index (χ2v) is 8.54. The summed E-state index contributed by atoms with van der Waals surface area (Å²) in [7, 11) is 0. The lowest BCUT2D eigenvalue weighted by atomic mass is 9.83. The molecule has 1 aliphatic heterocycles. The lowest BCUT2D eigenvalue weighted by Crippen LogP contribution is -2.57. The molecule has 1 heterocycles. The Bertz CT molecular complexity index is 661. The summed E-state index contributed by atoms with van der Waals surface area (Å²) in [5.74, 6) is 0.745. The minimum absolute atomic E-state index is 0.0162. The zero-order valence-electron chi connectivity index (χ0n) is 16.7. The number of carbonyl (C=O) groups is 2. The van der Waals surface area contributed by atoms with Gasteiger partial charge in [-0.2, -0.15) is 0 Å². The fourth-order valence-electron chi connectivity index (χ4n) is 4.36. The Kier molecular flexibility index (Phi) is 6.20. The molecule has 1 spiro atoms. The number of nitrogens with zero attached hydrogens (tertiary/aromatic N) is 1. The maximum absolute atomic E-state index is 13.3. The van der Waals surface area contributed by atoms with Gasteiger partial charge in [0.05, 0.1) is 13.0 Å². The van der Waals surface area contributed by atoms with E-state index >= 15 is 0 Å². The van der Waals surface area contributed by atoms with Gasteiger partial charge in [0.25, 0.3) is 0 Å².